The van der Waals surface area contributed by atoms with Gasteiger partial charge in [0.15, 0.2) is 0 Å². The maximum absolute atomic E-state index is 3.74. The second-order valence-electron chi connectivity index (χ2n) is 7.33. The topological polar surface area (TPSA) is 17.0 Å². The van der Waals surface area contributed by atoms with Gasteiger partial charge in [0, 0.05) is 42.1 Å². The first-order valence-electron chi connectivity index (χ1n) is 7.67. The predicted octanol–water partition coefficient (Wildman–Crippen LogP) is 3.98. The van der Waals surface area contributed by atoms with Gasteiger partial charge < -0.3 is 9.88 Å². The number of benzene rings is 1. The lowest BCUT2D eigenvalue weighted by Gasteiger charge is -2.27. The molecule has 1 aromatic carbocycles. The molecule has 0 saturated carbocycles. The summed E-state index contributed by atoms with van der Waals surface area (Å²) in [5, 5.41) is 5.18. The molecule has 2 heteroatoms. The van der Waals surface area contributed by atoms with Crippen LogP contribution in [0.2, 0.25) is 0 Å². The summed E-state index contributed by atoms with van der Waals surface area (Å²) in [6.45, 7) is 10.4. The Morgan fingerprint density at radius 2 is 1.90 bits per heavy atom. The van der Waals surface area contributed by atoms with E-state index in [0.29, 0.717) is 17.4 Å². The van der Waals surface area contributed by atoms with Crippen molar-refractivity contribution >= 4 is 10.9 Å². The highest BCUT2D eigenvalue weighted by Gasteiger charge is 2.35. The van der Waals surface area contributed by atoms with Crippen LogP contribution < -0.4 is 5.32 Å². The first kappa shape index (κ1) is 13.7. The summed E-state index contributed by atoms with van der Waals surface area (Å²) in [6, 6.07) is 9.42. The second kappa shape index (κ2) is 4.63. The summed E-state index contributed by atoms with van der Waals surface area (Å²) in [6.07, 6.45) is 1.25. The minimum Gasteiger partial charge on any atom is -0.348 e. The number of hydrogen-bond donors (Lipinski definition) is 1. The first-order chi connectivity index (χ1) is 9.39. The fourth-order valence-electron chi connectivity index (χ4n) is 3.68. The number of hydrogen-bond acceptors (Lipinski definition) is 1. The quantitative estimate of drug-likeness (QED) is 0.829. The van der Waals surface area contributed by atoms with Crippen LogP contribution in [0.5, 0.6) is 0 Å². The van der Waals surface area contributed by atoms with Gasteiger partial charge in [-0.25, -0.2) is 0 Å². The lowest BCUT2D eigenvalue weighted by molar-refractivity contribution is 0.293. The van der Waals surface area contributed by atoms with E-state index in [9.17, 15) is 0 Å². The van der Waals surface area contributed by atoms with E-state index in [2.05, 4.69) is 68.9 Å². The Labute approximate surface area is 122 Å². The third-order valence-electron chi connectivity index (χ3n) is 5.03. The van der Waals surface area contributed by atoms with Gasteiger partial charge in [-0.1, -0.05) is 39.0 Å². The van der Waals surface area contributed by atoms with Crippen molar-refractivity contribution in [1.29, 1.82) is 0 Å². The molecule has 2 nitrogen and oxygen atoms in total. The average molecular weight is 270 g/mol. The number of aromatic nitrogens is 1. The van der Waals surface area contributed by atoms with Crippen molar-refractivity contribution in [3.63, 3.8) is 0 Å². The Morgan fingerprint density at radius 3 is 2.55 bits per heavy atom. The molecule has 1 aliphatic rings. The van der Waals surface area contributed by atoms with Gasteiger partial charge in [0.25, 0.3) is 0 Å². The van der Waals surface area contributed by atoms with Gasteiger partial charge >= 0.3 is 0 Å². The van der Waals surface area contributed by atoms with E-state index >= 15 is 0 Å². The van der Waals surface area contributed by atoms with Gasteiger partial charge in [-0.15, -0.1) is 0 Å². The minimum atomic E-state index is 0.341. The smallest absolute Gasteiger partial charge is 0.0482 e. The molecule has 0 bridgehead atoms. The van der Waals surface area contributed by atoms with E-state index in [1.54, 1.807) is 5.56 Å². The Morgan fingerprint density at radius 1 is 1.20 bits per heavy atom. The van der Waals surface area contributed by atoms with Gasteiger partial charge in [0.1, 0.15) is 0 Å². The Kier molecular flexibility index (Phi) is 3.17. The SMILES string of the molecule is Cc1c(C2CNC(C(C)(C)C)C2)c2ccccc2n1C. The molecule has 2 atom stereocenters. The highest BCUT2D eigenvalue weighted by atomic mass is 15.0. The monoisotopic (exact) mass is 270 g/mol. The van der Waals surface area contributed by atoms with Crippen molar-refractivity contribution in [3.8, 4) is 0 Å². The fourth-order valence-corrected chi connectivity index (χ4v) is 3.68. The second-order valence-corrected chi connectivity index (χ2v) is 7.33. The normalized spacial score (nSPS) is 23.6. The molecular formula is C18H26N2. The van der Waals surface area contributed by atoms with E-state index in [1.807, 2.05) is 0 Å². The van der Waals surface area contributed by atoms with Crippen molar-refractivity contribution in [2.75, 3.05) is 6.54 Å². The van der Waals surface area contributed by atoms with Crippen LogP contribution in [0.25, 0.3) is 10.9 Å². The van der Waals surface area contributed by atoms with Crippen LogP contribution in [0.1, 0.15) is 44.4 Å². The van der Waals surface area contributed by atoms with Crippen LogP contribution in [0.15, 0.2) is 24.3 Å². The highest BCUT2D eigenvalue weighted by Crippen LogP contribution is 2.39. The number of para-hydroxylation sites is 1. The van der Waals surface area contributed by atoms with Crippen molar-refractivity contribution in [2.24, 2.45) is 12.5 Å². The minimum absolute atomic E-state index is 0.341. The maximum Gasteiger partial charge on any atom is 0.0482 e. The third-order valence-corrected chi connectivity index (χ3v) is 5.03. The molecule has 108 valence electrons. The number of nitrogens with zero attached hydrogens (tertiary/aromatic N) is 1. The summed E-state index contributed by atoms with van der Waals surface area (Å²) in [5.41, 5.74) is 4.68. The zero-order valence-corrected chi connectivity index (χ0v) is 13.3. The average Bonchev–Trinajstić information content (AvgIpc) is 2.95. The van der Waals surface area contributed by atoms with E-state index in [4.69, 9.17) is 0 Å². The summed E-state index contributed by atoms with van der Waals surface area (Å²) in [5.74, 6) is 0.644. The summed E-state index contributed by atoms with van der Waals surface area (Å²) >= 11 is 0. The maximum atomic E-state index is 3.74. The molecule has 0 aliphatic carbocycles. The van der Waals surface area contributed by atoms with Crippen molar-refractivity contribution in [2.45, 2.75) is 46.1 Å². The van der Waals surface area contributed by atoms with Crippen LogP contribution in [0.3, 0.4) is 0 Å². The first-order valence-corrected chi connectivity index (χ1v) is 7.67. The van der Waals surface area contributed by atoms with E-state index < -0.39 is 0 Å². The number of aryl methyl sites for hydroxylation is 1. The zero-order valence-electron chi connectivity index (χ0n) is 13.3. The molecule has 1 N–H and O–H groups in total. The van der Waals surface area contributed by atoms with Crippen LogP contribution in [-0.4, -0.2) is 17.2 Å². The Balaban J connectivity index is 2.02. The summed E-state index contributed by atoms with van der Waals surface area (Å²) in [7, 11) is 2.19. The van der Waals surface area contributed by atoms with E-state index in [0.717, 1.165) is 6.54 Å². The van der Waals surface area contributed by atoms with Crippen LogP contribution in [-0.2, 0) is 7.05 Å². The Bertz CT molecular complexity index is 631. The molecule has 0 amide bonds. The van der Waals surface area contributed by atoms with Gasteiger partial charge in [-0.3, -0.25) is 0 Å². The van der Waals surface area contributed by atoms with Crippen LogP contribution >= 0.6 is 0 Å². The van der Waals surface area contributed by atoms with Crippen molar-refractivity contribution in [3.05, 3.63) is 35.5 Å². The summed E-state index contributed by atoms with van der Waals surface area (Å²) in [4.78, 5) is 0. The molecule has 0 radical (unpaired) electrons. The van der Waals surface area contributed by atoms with Crippen LogP contribution in [0, 0.1) is 12.3 Å². The summed E-state index contributed by atoms with van der Waals surface area (Å²) < 4.78 is 2.34. The number of fused-ring (bicyclic) bond motifs is 1. The molecule has 1 aromatic heterocycles. The highest BCUT2D eigenvalue weighted by molar-refractivity contribution is 5.86. The lowest BCUT2D eigenvalue weighted by atomic mass is 9.82. The largest absolute Gasteiger partial charge is 0.348 e. The number of nitrogens with one attached hydrogen (secondary N) is 1. The van der Waals surface area contributed by atoms with E-state index in [-0.39, 0.29) is 0 Å². The van der Waals surface area contributed by atoms with Crippen molar-refractivity contribution in [1.82, 2.24) is 9.88 Å². The van der Waals surface area contributed by atoms with Crippen LogP contribution in [0.4, 0.5) is 0 Å². The molecule has 1 saturated heterocycles. The lowest BCUT2D eigenvalue weighted by Crippen LogP contribution is -2.34. The zero-order chi connectivity index (χ0) is 14.5. The van der Waals surface area contributed by atoms with Crippen molar-refractivity contribution < 1.29 is 0 Å². The molecule has 2 aromatic rings. The third kappa shape index (κ3) is 2.07. The van der Waals surface area contributed by atoms with Gasteiger partial charge in [0.2, 0.25) is 0 Å². The standard InChI is InChI=1S/C18H26N2/c1-12-17(13-10-16(19-11-13)18(2,3)4)14-8-6-7-9-15(14)20(12)5/h6-9,13,16,19H,10-11H2,1-5H3. The molecule has 2 heterocycles. The van der Waals surface area contributed by atoms with Gasteiger partial charge in [0.05, 0.1) is 0 Å². The Hall–Kier alpha value is -1.28. The van der Waals surface area contributed by atoms with Gasteiger partial charge in [-0.2, -0.15) is 0 Å². The molecule has 1 aliphatic heterocycles. The molecule has 20 heavy (non-hydrogen) atoms. The molecule has 2 unspecified atom stereocenters. The molecule has 0 spiro atoms. The fraction of sp³-hybridized carbons (Fsp3) is 0.556. The molecular weight excluding hydrogens is 244 g/mol. The van der Waals surface area contributed by atoms with Gasteiger partial charge in [-0.05, 0) is 30.4 Å². The number of rotatable bonds is 1. The predicted molar refractivity (Wildman–Crippen MR) is 86.3 cm³/mol. The van der Waals surface area contributed by atoms with E-state index in [1.165, 1.54) is 23.0 Å². The molecule has 1 fully saturated rings. The molecule has 3 rings (SSSR count).